The number of nitrogens with zero attached hydrogens (tertiary/aromatic N) is 2. The summed E-state index contributed by atoms with van der Waals surface area (Å²) in [6.45, 7) is 4.77. The monoisotopic (exact) mass is 466 g/mol. The molecule has 0 aliphatic heterocycles. The van der Waals surface area contributed by atoms with Gasteiger partial charge in [-0.1, -0.05) is 85.8 Å². The predicted molar refractivity (Wildman–Crippen MR) is 149 cm³/mol. The summed E-state index contributed by atoms with van der Waals surface area (Å²) in [7, 11) is 0. The number of hydrogen-bond donors (Lipinski definition) is 0. The van der Waals surface area contributed by atoms with Gasteiger partial charge in [0, 0.05) is 16.2 Å². The molecule has 8 rings (SSSR count). The molecule has 5 aromatic carbocycles. The lowest BCUT2D eigenvalue weighted by atomic mass is 9.80. The van der Waals surface area contributed by atoms with E-state index in [1.54, 1.807) is 11.3 Å². The van der Waals surface area contributed by atoms with Crippen molar-refractivity contribution in [1.29, 1.82) is 0 Å². The van der Waals surface area contributed by atoms with E-state index in [2.05, 4.69) is 115 Å². The fraction of sp³-hybridized carbons (Fsp3) is 0.0938. The van der Waals surface area contributed by atoms with Gasteiger partial charge < -0.3 is 0 Å². The van der Waals surface area contributed by atoms with Crippen LogP contribution in [0.25, 0.3) is 59.1 Å². The summed E-state index contributed by atoms with van der Waals surface area (Å²) < 4.78 is 3.58. The molecule has 0 fully saturated rings. The van der Waals surface area contributed by atoms with Crippen molar-refractivity contribution in [3.05, 3.63) is 108 Å². The highest BCUT2D eigenvalue weighted by molar-refractivity contribution is 7.20. The van der Waals surface area contributed by atoms with Gasteiger partial charge >= 0.3 is 0 Å². The van der Waals surface area contributed by atoms with Crippen molar-refractivity contribution in [2.45, 2.75) is 19.3 Å². The van der Waals surface area contributed by atoms with Gasteiger partial charge in [0.2, 0.25) is 0 Å². The third-order valence-electron chi connectivity index (χ3n) is 7.79. The summed E-state index contributed by atoms with van der Waals surface area (Å²) in [5.41, 5.74) is 8.96. The Hall–Kier alpha value is -3.95. The van der Waals surface area contributed by atoms with Gasteiger partial charge in [-0.05, 0) is 69.4 Å². The van der Waals surface area contributed by atoms with Crippen LogP contribution in [-0.2, 0) is 5.41 Å². The van der Waals surface area contributed by atoms with Crippen molar-refractivity contribution in [1.82, 2.24) is 9.55 Å². The Morgan fingerprint density at radius 2 is 1.46 bits per heavy atom. The highest BCUT2D eigenvalue weighted by atomic mass is 32.1. The van der Waals surface area contributed by atoms with E-state index in [4.69, 9.17) is 4.98 Å². The largest absolute Gasteiger partial charge is 0.285 e. The SMILES string of the molecule is CC1(C)c2cc3ccccc3cc2-c2ccc3c(c21)c1ccccc1n3-c1nc2ccccc2s1. The Morgan fingerprint density at radius 1 is 0.714 bits per heavy atom. The van der Waals surface area contributed by atoms with E-state index in [-0.39, 0.29) is 5.41 Å². The van der Waals surface area contributed by atoms with Gasteiger partial charge in [0.05, 0.1) is 21.3 Å². The third-order valence-corrected chi connectivity index (χ3v) is 8.81. The number of thiazole rings is 1. The minimum Gasteiger partial charge on any atom is -0.285 e. The first-order chi connectivity index (χ1) is 17.1. The Kier molecular flexibility index (Phi) is 3.64. The molecule has 0 N–H and O–H groups in total. The molecule has 2 aromatic heterocycles. The second kappa shape index (κ2) is 6.59. The molecular weight excluding hydrogens is 444 g/mol. The molecule has 0 bridgehead atoms. The van der Waals surface area contributed by atoms with Crippen LogP contribution in [0.3, 0.4) is 0 Å². The van der Waals surface area contributed by atoms with E-state index < -0.39 is 0 Å². The van der Waals surface area contributed by atoms with Crippen LogP contribution in [0.1, 0.15) is 25.0 Å². The molecule has 0 saturated heterocycles. The Bertz CT molecular complexity index is 1950. The van der Waals surface area contributed by atoms with Gasteiger partial charge in [0.25, 0.3) is 0 Å². The maximum Gasteiger partial charge on any atom is 0.195 e. The van der Waals surface area contributed by atoms with E-state index in [1.165, 1.54) is 59.5 Å². The van der Waals surface area contributed by atoms with Crippen molar-refractivity contribution in [3.8, 4) is 16.3 Å². The van der Waals surface area contributed by atoms with Gasteiger partial charge in [-0.3, -0.25) is 4.57 Å². The number of para-hydroxylation sites is 2. The van der Waals surface area contributed by atoms with E-state index in [0.29, 0.717) is 0 Å². The van der Waals surface area contributed by atoms with Crippen LogP contribution in [-0.4, -0.2) is 9.55 Å². The maximum absolute atomic E-state index is 5.04. The number of fused-ring (bicyclic) bond motifs is 9. The standard InChI is InChI=1S/C32H22N2S/c1-32(2)24-18-20-10-4-3-9-19(20)17-23(24)21-15-16-27-29(30(21)32)22-11-5-7-13-26(22)34(27)31-33-25-12-6-8-14-28(25)35-31/h3-18H,1-2H3. The van der Waals surface area contributed by atoms with Crippen molar-refractivity contribution >= 4 is 54.1 Å². The number of hydrogen-bond acceptors (Lipinski definition) is 2. The topological polar surface area (TPSA) is 17.8 Å². The quantitative estimate of drug-likeness (QED) is 0.236. The molecule has 1 aliphatic rings. The second-order valence-electron chi connectivity index (χ2n) is 10.1. The first-order valence-corrected chi connectivity index (χ1v) is 12.9. The van der Waals surface area contributed by atoms with Crippen LogP contribution in [0.2, 0.25) is 0 Å². The van der Waals surface area contributed by atoms with Crippen molar-refractivity contribution in [3.63, 3.8) is 0 Å². The Balaban J connectivity index is 1.51. The zero-order valence-electron chi connectivity index (χ0n) is 19.5. The van der Waals surface area contributed by atoms with E-state index in [9.17, 15) is 0 Å². The molecule has 2 nitrogen and oxygen atoms in total. The molecule has 0 amide bonds. The van der Waals surface area contributed by atoms with Crippen molar-refractivity contribution in [2.75, 3.05) is 0 Å². The molecule has 0 spiro atoms. The summed E-state index contributed by atoms with van der Waals surface area (Å²) in [6, 6.07) is 35.4. The summed E-state index contributed by atoms with van der Waals surface area (Å²) in [4.78, 5) is 5.04. The molecule has 0 unspecified atom stereocenters. The molecule has 2 heterocycles. The normalized spacial score (nSPS) is 14.2. The summed E-state index contributed by atoms with van der Waals surface area (Å²) >= 11 is 1.76. The van der Waals surface area contributed by atoms with Crippen LogP contribution in [0.5, 0.6) is 0 Å². The highest BCUT2D eigenvalue weighted by Crippen LogP contribution is 2.54. The van der Waals surface area contributed by atoms with Crippen LogP contribution >= 0.6 is 11.3 Å². The molecule has 1 aliphatic carbocycles. The van der Waals surface area contributed by atoms with E-state index in [0.717, 1.165) is 10.6 Å². The van der Waals surface area contributed by atoms with Gasteiger partial charge in [-0.2, -0.15) is 0 Å². The molecule has 35 heavy (non-hydrogen) atoms. The van der Waals surface area contributed by atoms with E-state index in [1.807, 2.05) is 0 Å². The first kappa shape index (κ1) is 19.4. The zero-order chi connectivity index (χ0) is 23.3. The van der Waals surface area contributed by atoms with Gasteiger partial charge in [-0.25, -0.2) is 4.98 Å². The predicted octanol–water partition coefficient (Wildman–Crippen LogP) is 8.85. The number of rotatable bonds is 1. The lowest BCUT2D eigenvalue weighted by Crippen LogP contribution is -2.15. The van der Waals surface area contributed by atoms with Gasteiger partial charge in [0.1, 0.15) is 0 Å². The molecule has 0 radical (unpaired) electrons. The third kappa shape index (κ3) is 2.46. The van der Waals surface area contributed by atoms with E-state index >= 15 is 0 Å². The number of benzene rings is 5. The summed E-state index contributed by atoms with van der Waals surface area (Å²) in [5.74, 6) is 0. The smallest absolute Gasteiger partial charge is 0.195 e. The molecule has 0 saturated carbocycles. The first-order valence-electron chi connectivity index (χ1n) is 12.1. The zero-order valence-corrected chi connectivity index (χ0v) is 20.4. The van der Waals surface area contributed by atoms with Crippen LogP contribution in [0.4, 0.5) is 0 Å². The van der Waals surface area contributed by atoms with Gasteiger partial charge in [0.15, 0.2) is 5.13 Å². The lowest BCUT2D eigenvalue weighted by molar-refractivity contribution is 0.667. The molecule has 7 aromatic rings. The molecule has 166 valence electrons. The summed E-state index contributed by atoms with van der Waals surface area (Å²) in [5, 5.41) is 6.27. The van der Waals surface area contributed by atoms with Crippen LogP contribution in [0, 0.1) is 0 Å². The molecule has 0 atom stereocenters. The number of aromatic nitrogens is 2. The fourth-order valence-corrected chi connectivity index (χ4v) is 7.20. The lowest BCUT2D eigenvalue weighted by Gasteiger charge is -2.23. The maximum atomic E-state index is 5.04. The average Bonchev–Trinajstić information content (AvgIpc) is 3.51. The van der Waals surface area contributed by atoms with Crippen LogP contribution in [0.15, 0.2) is 97.1 Å². The Morgan fingerprint density at radius 3 is 2.31 bits per heavy atom. The Labute approximate surface area is 207 Å². The highest BCUT2D eigenvalue weighted by Gasteiger charge is 2.38. The van der Waals surface area contributed by atoms with Crippen LogP contribution < -0.4 is 0 Å². The minimum absolute atomic E-state index is 0.100. The fourth-order valence-electron chi connectivity index (χ4n) is 6.21. The van der Waals surface area contributed by atoms with Crippen molar-refractivity contribution < 1.29 is 0 Å². The molecular formula is C32H22N2S. The molecule has 3 heteroatoms. The minimum atomic E-state index is -0.100. The summed E-state index contributed by atoms with van der Waals surface area (Å²) in [6.07, 6.45) is 0. The van der Waals surface area contributed by atoms with Crippen molar-refractivity contribution in [2.24, 2.45) is 0 Å². The second-order valence-corrected chi connectivity index (χ2v) is 11.1. The van der Waals surface area contributed by atoms with Gasteiger partial charge in [-0.15, -0.1) is 0 Å². The average molecular weight is 467 g/mol.